The summed E-state index contributed by atoms with van der Waals surface area (Å²) in [5.41, 5.74) is 0. The van der Waals surface area contributed by atoms with E-state index < -0.39 is 50.4 Å². The molecule has 2 aromatic carbocycles. The van der Waals surface area contributed by atoms with Crippen molar-refractivity contribution >= 4 is 41.1 Å². The third-order valence-electron chi connectivity index (χ3n) is 2.69. The molecule has 2 aromatic rings. The molecule has 0 spiro atoms. The minimum Gasteiger partial charge on any atom is -0.744 e. The Morgan fingerprint density at radius 1 is 0.640 bits per heavy atom. The number of hydrogen-bond acceptors (Lipinski definition) is 9. The van der Waals surface area contributed by atoms with E-state index in [0.29, 0.717) is 6.07 Å². The molecule has 0 aliphatic heterocycles. The van der Waals surface area contributed by atoms with E-state index in [1.54, 1.807) is 0 Å². The van der Waals surface area contributed by atoms with Crippen LogP contribution in [0.25, 0.3) is 10.8 Å². The Labute approximate surface area is 272 Å². The Morgan fingerprint density at radius 2 is 1.08 bits per heavy atom. The molecule has 0 radical (unpaired) electrons. The largest absolute Gasteiger partial charge is 1.00 e. The summed E-state index contributed by atoms with van der Waals surface area (Å²) in [5, 5.41) is -0.668. The zero-order valence-corrected chi connectivity index (χ0v) is 25.1. The first-order valence-electron chi connectivity index (χ1n) is 5.27. The normalized spacial score (nSPS) is 11.8. The van der Waals surface area contributed by atoms with Crippen LogP contribution in [0.5, 0.6) is 0 Å². The average Bonchev–Trinajstić information content (AvgIpc) is 2.33. The molecule has 0 aromatic heterocycles. The van der Waals surface area contributed by atoms with Gasteiger partial charge in [0.1, 0.15) is 30.4 Å². The van der Waals surface area contributed by atoms with Gasteiger partial charge in [0.05, 0.1) is 14.7 Å². The van der Waals surface area contributed by atoms with Gasteiger partial charge in [-0.25, -0.2) is 25.3 Å². The minimum atomic E-state index is -5.73. The molecule has 0 saturated heterocycles. The molecule has 0 amide bonds. The first-order chi connectivity index (χ1) is 9.83. The summed E-state index contributed by atoms with van der Waals surface area (Å²) in [4.78, 5) is -4.97. The Bertz CT molecular complexity index is 1090. The van der Waals surface area contributed by atoms with Crippen LogP contribution in [0.1, 0.15) is 0 Å². The third-order valence-corrected chi connectivity index (χ3v) is 5.66. The Kier molecular flexibility index (Phi) is 13.6. The number of fused-ring (bicyclic) bond motifs is 1. The van der Waals surface area contributed by atoms with Crippen LogP contribution in [0.15, 0.2) is 45.0 Å². The molecule has 0 saturated carbocycles. The monoisotopic (exact) mass is 482 g/mol. The summed E-state index contributed by atoms with van der Waals surface area (Å²) in [6.45, 7) is 0. The van der Waals surface area contributed by atoms with Gasteiger partial charge in [0, 0.05) is 5.39 Å². The topological polar surface area (TPSA) is 172 Å². The van der Waals surface area contributed by atoms with Gasteiger partial charge in [0.25, 0.3) is 0 Å². The summed E-state index contributed by atoms with van der Waals surface area (Å²) in [6.07, 6.45) is 0. The van der Waals surface area contributed by atoms with E-state index in [0.717, 1.165) is 12.1 Å². The summed E-state index contributed by atoms with van der Waals surface area (Å²) in [7, 11) is -16.8. The quantitative estimate of drug-likeness (QED) is 0.304. The molecule has 15 heteroatoms. The van der Waals surface area contributed by atoms with Gasteiger partial charge in [-0.1, -0.05) is 24.3 Å². The van der Waals surface area contributed by atoms with Crippen molar-refractivity contribution in [3.8, 4) is 0 Å². The van der Waals surface area contributed by atoms with Crippen LogP contribution >= 0.6 is 0 Å². The van der Waals surface area contributed by atoms with Gasteiger partial charge in [-0.15, -0.1) is 0 Å². The Morgan fingerprint density at radius 3 is 1.48 bits per heavy atom. The predicted octanol–water partition coefficient (Wildman–Crippen LogP) is -9.44. The van der Waals surface area contributed by atoms with E-state index in [1.807, 2.05) is 0 Å². The van der Waals surface area contributed by atoms with Gasteiger partial charge in [0.2, 0.25) is 0 Å². The number of hydrogen-bond donors (Lipinski definition) is 0. The fourth-order valence-electron chi connectivity index (χ4n) is 1.94. The van der Waals surface area contributed by atoms with Crippen LogP contribution in [-0.2, 0) is 30.4 Å². The molecule has 0 unspecified atom stereocenters. The Balaban J connectivity index is 0. The molecule has 120 valence electrons. The van der Waals surface area contributed by atoms with Gasteiger partial charge in [0.15, 0.2) is 0 Å². The predicted molar refractivity (Wildman–Crippen MR) is 67.8 cm³/mol. The molecule has 0 aliphatic carbocycles. The maximum absolute atomic E-state index is 11.3. The Hall–Kier alpha value is 3.34. The van der Waals surface area contributed by atoms with Crippen LogP contribution in [0.2, 0.25) is 0 Å². The second-order valence-electron chi connectivity index (χ2n) is 4.12. The average molecular weight is 483 g/mol. The van der Waals surface area contributed by atoms with Gasteiger partial charge in [-0.2, -0.15) is 0 Å². The number of benzene rings is 2. The summed E-state index contributed by atoms with van der Waals surface area (Å²) in [5.74, 6) is 0. The van der Waals surface area contributed by atoms with Crippen LogP contribution in [0, 0.1) is 0 Å². The smallest absolute Gasteiger partial charge is 0.744 e. The van der Waals surface area contributed by atoms with E-state index in [9.17, 15) is 38.9 Å². The van der Waals surface area contributed by atoms with Gasteiger partial charge >= 0.3 is 154 Å². The van der Waals surface area contributed by atoms with Crippen molar-refractivity contribution in [1.82, 2.24) is 0 Å². The van der Waals surface area contributed by atoms with Crippen molar-refractivity contribution in [2.75, 3.05) is 0 Å². The maximum atomic E-state index is 11.3. The first kappa shape index (κ1) is 30.5. The number of rotatable bonds is 3. The van der Waals surface area contributed by atoms with Crippen molar-refractivity contribution in [1.29, 1.82) is 0 Å². The van der Waals surface area contributed by atoms with E-state index in [1.165, 1.54) is 12.1 Å². The molecular weight excluding hydrogens is 478 g/mol. The van der Waals surface area contributed by atoms with Crippen molar-refractivity contribution in [2.24, 2.45) is 0 Å². The van der Waals surface area contributed by atoms with E-state index >= 15 is 0 Å². The SMILES string of the molecule is O=S(=O)([O-])c1cc2ccccc2c(S(=O)(=O)[O-])c1S(=O)(=O)[O-].[K+].[K+].[K+]. The molecule has 0 fully saturated rings. The molecule has 0 bridgehead atoms. The van der Waals surface area contributed by atoms with Crippen molar-refractivity contribution < 1.29 is 193 Å². The molecule has 25 heavy (non-hydrogen) atoms. The fraction of sp³-hybridized carbons (Fsp3) is 0. The second kappa shape index (κ2) is 11.1. The van der Waals surface area contributed by atoms with E-state index in [4.69, 9.17) is 0 Å². The molecule has 9 nitrogen and oxygen atoms in total. The second-order valence-corrected chi connectivity index (χ2v) is 8.10. The fourth-order valence-corrected chi connectivity index (χ4v) is 5.27. The van der Waals surface area contributed by atoms with Gasteiger partial charge < -0.3 is 13.7 Å². The van der Waals surface area contributed by atoms with E-state index in [-0.39, 0.29) is 160 Å². The summed E-state index contributed by atoms with van der Waals surface area (Å²) >= 11 is 0. The van der Waals surface area contributed by atoms with Gasteiger partial charge in [-0.05, 0) is 11.5 Å². The maximum Gasteiger partial charge on any atom is 1.00 e. The van der Waals surface area contributed by atoms with Crippen LogP contribution in [-0.4, -0.2) is 38.9 Å². The molecule has 0 heterocycles. The van der Waals surface area contributed by atoms with Crippen LogP contribution < -0.4 is 154 Å². The first-order valence-corrected chi connectivity index (χ1v) is 9.49. The van der Waals surface area contributed by atoms with Crippen LogP contribution in [0.3, 0.4) is 0 Å². The molecule has 0 N–H and O–H groups in total. The summed E-state index contributed by atoms with van der Waals surface area (Å²) < 4.78 is 101. The standard InChI is InChI=1S/C10H8O9S3.3K/c11-20(12,13)8-5-6-3-1-2-4-7(6)9(21(14,15)16)10(8)22(17,18)19;;;/h1-5H,(H,11,12,13)(H,14,15,16)(H,17,18,19);;;/q;3*+1/p-3. The van der Waals surface area contributed by atoms with Crippen LogP contribution in [0.4, 0.5) is 0 Å². The third kappa shape index (κ3) is 7.51. The molecular formula is C10H5K3O9S3. The summed E-state index contributed by atoms with van der Waals surface area (Å²) in [6, 6.07) is 5.27. The van der Waals surface area contributed by atoms with Crippen molar-refractivity contribution in [2.45, 2.75) is 14.7 Å². The zero-order chi connectivity index (χ0) is 16.9. The van der Waals surface area contributed by atoms with Gasteiger partial charge in [-0.3, -0.25) is 0 Å². The molecule has 0 atom stereocenters. The minimum absolute atomic E-state index is 0. The van der Waals surface area contributed by atoms with E-state index in [2.05, 4.69) is 0 Å². The zero-order valence-electron chi connectivity index (χ0n) is 13.3. The van der Waals surface area contributed by atoms with Crippen molar-refractivity contribution in [3.05, 3.63) is 30.3 Å². The van der Waals surface area contributed by atoms with Crippen molar-refractivity contribution in [3.63, 3.8) is 0 Å². The molecule has 0 aliphatic rings. The molecule has 2 rings (SSSR count).